The van der Waals surface area contributed by atoms with Crippen LogP contribution in [0.4, 0.5) is 5.82 Å². The highest BCUT2D eigenvalue weighted by Crippen LogP contribution is 2.26. The van der Waals surface area contributed by atoms with Gasteiger partial charge in [-0.05, 0) is 56.3 Å². The lowest BCUT2D eigenvalue weighted by Crippen LogP contribution is -2.42. The summed E-state index contributed by atoms with van der Waals surface area (Å²) in [5.74, 6) is 0.989. The van der Waals surface area contributed by atoms with Crippen molar-refractivity contribution in [3.63, 3.8) is 0 Å². The lowest BCUT2D eigenvalue weighted by Gasteiger charge is -2.34. The predicted octanol–water partition coefficient (Wildman–Crippen LogP) is 2.58. The average Bonchev–Trinajstić information content (AvgIpc) is 2.90. The van der Waals surface area contributed by atoms with Crippen molar-refractivity contribution in [2.45, 2.75) is 45.4 Å². The van der Waals surface area contributed by atoms with Gasteiger partial charge in [-0.3, -0.25) is 4.79 Å². The van der Waals surface area contributed by atoms with Crippen molar-refractivity contribution >= 4 is 11.7 Å². The first kappa shape index (κ1) is 17.2. The molecule has 0 saturated carbocycles. The van der Waals surface area contributed by atoms with Crippen LogP contribution in [0.5, 0.6) is 0 Å². The maximum atomic E-state index is 12.4. The number of nitrogens with zero attached hydrogens (tertiary/aromatic N) is 2. The fourth-order valence-corrected chi connectivity index (χ4v) is 3.61. The highest BCUT2D eigenvalue weighted by atomic mass is 16.1. The average molecular weight is 330 g/mol. The van der Waals surface area contributed by atoms with Gasteiger partial charge in [0.2, 0.25) is 0 Å². The van der Waals surface area contributed by atoms with E-state index in [0.29, 0.717) is 5.56 Å². The molecule has 0 aliphatic carbocycles. The number of rotatable bonds is 4. The third-order valence-corrected chi connectivity index (χ3v) is 5.43. The Bertz CT molecular complexity index is 529. The molecule has 24 heavy (non-hydrogen) atoms. The first-order valence-electron chi connectivity index (χ1n) is 9.36. The summed E-state index contributed by atoms with van der Waals surface area (Å²) in [6.07, 6.45) is 9.03. The maximum Gasteiger partial charge on any atom is 0.252 e. The molecule has 0 spiro atoms. The number of aromatic nitrogens is 1. The summed E-state index contributed by atoms with van der Waals surface area (Å²) in [5.41, 5.74) is 0.867. The fraction of sp³-hybridized carbons (Fsp3) is 0.684. The van der Waals surface area contributed by atoms with Crippen LogP contribution in [0.15, 0.2) is 18.3 Å². The van der Waals surface area contributed by atoms with Crippen molar-refractivity contribution < 1.29 is 4.79 Å². The van der Waals surface area contributed by atoms with E-state index in [4.69, 9.17) is 0 Å². The normalized spacial score (nSPS) is 21.1. The van der Waals surface area contributed by atoms with Crippen molar-refractivity contribution in [2.24, 2.45) is 5.41 Å². The zero-order chi connectivity index (χ0) is 16.8. The Morgan fingerprint density at radius 3 is 2.54 bits per heavy atom. The Kier molecular flexibility index (Phi) is 5.72. The van der Waals surface area contributed by atoms with Crippen molar-refractivity contribution in [2.75, 3.05) is 37.6 Å². The molecule has 1 aromatic rings. The minimum Gasteiger partial charge on any atom is -0.357 e. The number of nitrogens with one attached hydrogen (secondary N) is 2. The Balaban J connectivity index is 1.55. The molecular formula is C19H30N4O. The van der Waals surface area contributed by atoms with Crippen LogP contribution in [0.25, 0.3) is 0 Å². The second-order valence-corrected chi connectivity index (χ2v) is 7.55. The molecule has 2 saturated heterocycles. The van der Waals surface area contributed by atoms with E-state index in [1.54, 1.807) is 6.20 Å². The van der Waals surface area contributed by atoms with Crippen LogP contribution in [-0.2, 0) is 0 Å². The predicted molar refractivity (Wildman–Crippen MR) is 97.5 cm³/mol. The molecule has 2 N–H and O–H groups in total. The molecule has 2 fully saturated rings. The summed E-state index contributed by atoms with van der Waals surface area (Å²) < 4.78 is 0. The Hall–Kier alpha value is -1.62. The quantitative estimate of drug-likeness (QED) is 0.891. The molecule has 132 valence electrons. The third-order valence-electron chi connectivity index (χ3n) is 5.43. The van der Waals surface area contributed by atoms with Gasteiger partial charge in [0, 0.05) is 25.8 Å². The Morgan fingerprint density at radius 2 is 1.92 bits per heavy atom. The largest absolute Gasteiger partial charge is 0.357 e. The van der Waals surface area contributed by atoms with Gasteiger partial charge in [0.1, 0.15) is 5.82 Å². The first-order chi connectivity index (χ1) is 11.7. The number of hydrogen-bond donors (Lipinski definition) is 2. The summed E-state index contributed by atoms with van der Waals surface area (Å²) in [7, 11) is 0. The second-order valence-electron chi connectivity index (χ2n) is 7.55. The molecule has 0 unspecified atom stereocenters. The van der Waals surface area contributed by atoms with Crippen LogP contribution in [0.2, 0.25) is 0 Å². The molecule has 2 aliphatic rings. The first-order valence-corrected chi connectivity index (χ1v) is 9.36. The van der Waals surface area contributed by atoms with E-state index in [9.17, 15) is 4.79 Å². The lowest BCUT2D eigenvalue weighted by molar-refractivity contribution is 0.0922. The number of carbonyl (C=O) groups is 1. The van der Waals surface area contributed by atoms with Crippen molar-refractivity contribution in [3.05, 3.63) is 23.9 Å². The molecule has 5 heteroatoms. The molecule has 5 nitrogen and oxygen atoms in total. The number of pyridine rings is 1. The minimum atomic E-state index is -0.00956. The van der Waals surface area contributed by atoms with Gasteiger partial charge < -0.3 is 15.5 Å². The number of piperidine rings is 1. The summed E-state index contributed by atoms with van der Waals surface area (Å²) in [6.45, 7) is 7.23. The van der Waals surface area contributed by atoms with Gasteiger partial charge in [-0.15, -0.1) is 0 Å². The van der Waals surface area contributed by atoms with E-state index in [0.717, 1.165) is 51.4 Å². The van der Waals surface area contributed by atoms with E-state index in [-0.39, 0.29) is 11.3 Å². The monoisotopic (exact) mass is 330 g/mol. The molecule has 3 rings (SSSR count). The van der Waals surface area contributed by atoms with Gasteiger partial charge in [-0.25, -0.2) is 4.98 Å². The van der Waals surface area contributed by atoms with E-state index in [1.165, 1.54) is 25.7 Å². The van der Waals surface area contributed by atoms with Crippen LogP contribution >= 0.6 is 0 Å². The van der Waals surface area contributed by atoms with Crippen LogP contribution in [0.1, 0.15) is 55.8 Å². The molecule has 0 radical (unpaired) electrons. The van der Waals surface area contributed by atoms with E-state index in [2.05, 4.69) is 27.4 Å². The van der Waals surface area contributed by atoms with Crippen molar-refractivity contribution in [3.8, 4) is 0 Å². The van der Waals surface area contributed by atoms with Crippen molar-refractivity contribution in [1.29, 1.82) is 0 Å². The standard InChI is InChI=1S/C19H30N4O/c1-19(8-10-20-11-9-19)15-22-18(24)16-6-7-17(21-14-16)23-12-4-2-3-5-13-23/h6-7,14,20H,2-5,8-13,15H2,1H3,(H,22,24). The van der Waals surface area contributed by atoms with Gasteiger partial charge in [0.15, 0.2) is 0 Å². The number of carbonyl (C=O) groups excluding carboxylic acids is 1. The molecule has 0 atom stereocenters. The summed E-state index contributed by atoms with van der Waals surface area (Å²) >= 11 is 0. The van der Waals surface area contributed by atoms with E-state index in [1.807, 2.05) is 12.1 Å². The fourth-order valence-electron chi connectivity index (χ4n) is 3.61. The van der Waals surface area contributed by atoms with E-state index >= 15 is 0 Å². The van der Waals surface area contributed by atoms with E-state index < -0.39 is 0 Å². The summed E-state index contributed by atoms with van der Waals surface area (Å²) in [6, 6.07) is 3.90. The number of anilines is 1. The number of hydrogen-bond acceptors (Lipinski definition) is 4. The maximum absolute atomic E-state index is 12.4. The van der Waals surface area contributed by atoms with Gasteiger partial charge in [0.25, 0.3) is 5.91 Å². The molecular weight excluding hydrogens is 300 g/mol. The molecule has 3 heterocycles. The molecule has 1 amide bonds. The van der Waals surface area contributed by atoms with Crippen LogP contribution in [0, 0.1) is 5.41 Å². The van der Waals surface area contributed by atoms with Gasteiger partial charge in [-0.1, -0.05) is 19.8 Å². The molecule has 1 aromatic heterocycles. The Morgan fingerprint density at radius 1 is 1.21 bits per heavy atom. The second kappa shape index (κ2) is 7.97. The van der Waals surface area contributed by atoms with Crippen LogP contribution < -0.4 is 15.5 Å². The highest BCUT2D eigenvalue weighted by Gasteiger charge is 2.27. The SMILES string of the molecule is CC1(CNC(=O)c2ccc(N3CCCCCC3)nc2)CCNCC1. The van der Waals surface area contributed by atoms with Crippen molar-refractivity contribution in [1.82, 2.24) is 15.6 Å². The lowest BCUT2D eigenvalue weighted by atomic mass is 9.81. The molecule has 0 bridgehead atoms. The zero-order valence-electron chi connectivity index (χ0n) is 14.8. The van der Waals surface area contributed by atoms with Gasteiger partial charge >= 0.3 is 0 Å². The smallest absolute Gasteiger partial charge is 0.252 e. The van der Waals surface area contributed by atoms with Gasteiger partial charge in [-0.2, -0.15) is 0 Å². The van der Waals surface area contributed by atoms with Crippen LogP contribution in [0.3, 0.4) is 0 Å². The zero-order valence-corrected chi connectivity index (χ0v) is 14.8. The third kappa shape index (κ3) is 4.47. The Labute approximate surface area is 145 Å². The number of amides is 1. The topological polar surface area (TPSA) is 57.3 Å². The summed E-state index contributed by atoms with van der Waals surface area (Å²) in [4.78, 5) is 19.3. The molecule has 2 aliphatic heterocycles. The summed E-state index contributed by atoms with van der Waals surface area (Å²) in [5, 5.41) is 6.47. The van der Waals surface area contributed by atoms with Crippen LogP contribution in [-0.4, -0.2) is 43.6 Å². The minimum absolute atomic E-state index is 0.00956. The molecule has 0 aromatic carbocycles. The van der Waals surface area contributed by atoms with Gasteiger partial charge in [0.05, 0.1) is 5.56 Å². The highest BCUT2D eigenvalue weighted by molar-refractivity contribution is 5.94.